The zero-order valence-corrected chi connectivity index (χ0v) is 14.4. The Kier molecular flexibility index (Phi) is 6.84. The Morgan fingerprint density at radius 3 is 2.48 bits per heavy atom. The Hall–Kier alpha value is -0.910. The van der Waals surface area contributed by atoms with E-state index >= 15 is 0 Å². The van der Waals surface area contributed by atoms with Gasteiger partial charge in [0, 0.05) is 12.6 Å². The Labute approximate surface area is 129 Å². The maximum absolute atomic E-state index is 12.6. The minimum Gasteiger partial charge on any atom is -0.326 e. The average Bonchev–Trinajstić information content (AvgIpc) is 2.41. The van der Waals surface area contributed by atoms with Gasteiger partial charge in [0.2, 0.25) is 10.0 Å². The molecular weight excluding hydrogens is 284 g/mol. The van der Waals surface area contributed by atoms with Crippen LogP contribution in [0.1, 0.15) is 56.2 Å². The number of nitrogens with two attached hydrogens (primary N) is 1. The number of aryl methyl sites for hydroxylation is 1. The van der Waals surface area contributed by atoms with Crippen molar-refractivity contribution >= 4 is 10.0 Å². The minimum absolute atomic E-state index is 0.0530. The summed E-state index contributed by atoms with van der Waals surface area (Å²) in [6.07, 6.45) is 4.17. The van der Waals surface area contributed by atoms with Crippen molar-refractivity contribution in [1.82, 2.24) is 4.72 Å². The number of benzene rings is 1. The summed E-state index contributed by atoms with van der Waals surface area (Å²) in [6.45, 7) is 8.15. The molecule has 1 aromatic carbocycles. The quantitative estimate of drug-likeness (QED) is 0.725. The molecule has 120 valence electrons. The Morgan fingerprint density at radius 1 is 1.24 bits per heavy atom. The second kappa shape index (κ2) is 7.92. The molecule has 1 unspecified atom stereocenters. The van der Waals surface area contributed by atoms with E-state index in [-0.39, 0.29) is 6.04 Å². The monoisotopic (exact) mass is 312 g/mol. The molecule has 0 spiro atoms. The van der Waals surface area contributed by atoms with Crippen LogP contribution in [0.3, 0.4) is 0 Å². The summed E-state index contributed by atoms with van der Waals surface area (Å²) in [5.74, 6) is 0. The van der Waals surface area contributed by atoms with Gasteiger partial charge in [-0.05, 0) is 49.9 Å². The third-order valence-corrected chi connectivity index (χ3v) is 5.52. The van der Waals surface area contributed by atoms with E-state index in [0.717, 1.165) is 42.4 Å². The van der Waals surface area contributed by atoms with Gasteiger partial charge in [-0.15, -0.1) is 0 Å². The fourth-order valence-corrected chi connectivity index (χ4v) is 4.03. The highest BCUT2D eigenvalue weighted by Crippen LogP contribution is 2.21. The molecular formula is C16H28N2O2S. The van der Waals surface area contributed by atoms with Gasteiger partial charge in [0.1, 0.15) is 0 Å². The van der Waals surface area contributed by atoms with Crippen LogP contribution in [-0.2, 0) is 16.6 Å². The van der Waals surface area contributed by atoms with E-state index in [0.29, 0.717) is 11.4 Å². The lowest BCUT2D eigenvalue weighted by Gasteiger charge is -2.17. The van der Waals surface area contributed by atoms with E-state index in [1.807, 2.05) is 26.8 Å². The molecule has 0 aliphatic rings. The third-order valence-electron chi connectivity index (χ3n) is 3.80. The van der Waals surface area contributed by atoms with Crippen LogP contribution in [0.15, 0.2) is 17.0 Å². The predicted octanol–water partition coefficient (Wildman–Crippen LogP) is 3.01. The second-order valence-corrected chi connectivity index (χ2v) is 7.44. The standard InChI is InChI=1S/C16H28N2O2S/c1-5-6-7-8-13(3)18-21(19,20)16-10-15(11-17)9-12(2)14(16)4/h9-10,13,18H,5-8,11,17H2,1-4H3. The largest absolute Gasteiger partial charge is 0.326 e. The third kappa shape index (κ3) is 5.09. The second-order valence-electron chi connectivity index (χ2n) is 5.76. The minimum atomic E-state index is -3.49. The Bertz CT molecular complexity index is 568. The van der Waals surface area contributed by atoms with Crippen molar-refractivity contribution in [2.45, 2.75) is 70.9 Å². The molecule has 1 atom stereocenters. The number of hydrogen-bond donors (Lipinski definition) is 2. The van der Waals surface area contributed by atoms with E-state index in [1.165, 1.54) is 0 Å². The van der Waals surface area contributed by atoms with Gasteiger partial charge in [0.15, 0.2) is 0 Å². The highest BCUT2D eigenvalue weighted by atomic mass is 32.2. The van der Waals surface area contributed by atoms with Gasteiger partial charge >= 0.3 is 0 Å². The summed E-state index contributed by atoms with van der Waals surface area (Å²) in [4.78, 5) is 0.352. The molecule has 1 aromatic rings. The van der Waals surface area contributed by atoms with Crippen molar-refractivity contribution in [2.24, 2.45) is 5.73 Å². The topological polar surface area (TPSA) is 72.2 Å². The molecule has 1 rings (SSSR count). The van der Waals surface area contributed by atoms with Crippen LogP contribution in [0, 0.1) is 13.8 Å². The van der Waals surface area contributed by atoms with Crippen LogP contribution in [0.25, 0.3) is 0 Å². The summed E-state index contributed by atoms with van der Waals surface area (Å²) in [5, 5.41) is 0. The van der Waals surface area contributed by atoms with Crippen molar-refractivity contribution in [3.05, 3.63) is 28.8 Å². The summed E-state index contributed by atoms with van der Waals surface area (Å²) >= 11 is 0. The van der Waals surface area contributed by atoms with Crippen molar-refractivity contribution in [3.8, 4) is 0 Å². The molecule has 0 aromatic heterocycles. The van der Waals surface area contributed by atoms with Crippen LogP contribution in [0.5, 0.6) is 0 Å². The first-order chi connectivity index (χ1) is 9.81. The average molecular weight is 312 g/mol. The smallest absolute Gasteiger partial charge is 0.241 e. The van der Waals surface area contributed by atoms with Crippen LogP contribution < -0.4 is 10.5 Å². The van der Waals surface area contributed by atoms with Crippen molar-refractivity contribution in [3.63, 3.8) is 0 Å². The fraction of sp³-hybridized carbons (Fsp3) is 0.625. The van der Waals surface area contributed by atoms with Gasteiger partial charge < -0.3 is 5.73 Å². The van der Waals surface area contributed by atoms with E-state index < -0.39 is 10.0 Å². The first-order valence-corrected chi connectivity index (χ1v) is 9.12. The number of unbranched alkanes of at least 4 members (excludes halogenated alkanes) is 2. The van der Waals surface area contributed by atoms with E-state index in [4.69, 9.17) is 5.73 Å². The number of hydrogen-bond acceptors (Lipinski definition) is 3. The van der Waals surface area contributed by atoms with Crippen LogP contribution >= 0.6 is 0 Å². The molecule has 3 N–H and O–H groups in total. The molecule has 4 nitrogen and oxygen atoms in total. The van der Waals surface area contributed by atoms with Crippen LogP contribution in [0.2, 0.25) is 0 Å². The normalized spacial score (nSPS) is 13.4. The zero-order valence-electron chi connectivity index (χ0n) is 13.6. The van der Waals surface area contributed by atoms with Crippen molar-refractivity contribution < 1.29 is 8.42 Å². The van der Waals surface area contributed by atoms with Gasteiger partial charge in [-0.2, -0.15) is 0 Å². The molecule has 0 aliphatic heterocycles. The molecule has 0 saturated carbocycles. The maximum atomic E-state index is 12.6. The number of sulfonamides is 1. The summed E-state index contributed by atoms with van der Waals surface area (Å²) in [5.41, 5.74) is 8.24. The highest BCUT2D eigenvalue weighted by molar-refractivity contribution is 7.89. The molecule has 0 aliphatic carbocycles. The molecule has 0 saturated heterocycles. The van der Waals surface area contributed by atoms with Gasteiger partial charge in [0.05, 0.1) is 4.90 Å². The predicted molar refractivity (Wildman–Crippen MR) is 87.7 cm³/mol. The SMILES string of the molecule is CCCCCC(C)NS(=O)(=O)c1cc(CN)cc(C)c1C. The van der Waals surface area contributed by atoms with Crippen LogP contribution in [-0.4, -0.2) is 14.5 Å². The maximum Gasteiger partial charge on any atom is 0.241 e. The van der Waals surface area contributed by atoms with Crippen molar-refractivity contribution in [1.29, 1.82) is 0 Å². The lowest BCUT2D eigenvalue weighted by molar-refractivity contribution is 0.527. The lowest BCUT2D eigenvalue weighted by Crippen LogP contribution is -2.33. The molecule has 21 heavy (non-hydrogen) atoms. The number of nitrogens with one attached hydrogen (secondary N) is 1. The van der Waals surface area contributed by atoms with Gasteiger partial charge in [-0.1, -0.05) is 32.3 Å². The van der Waals surface area contributed by atoms with Gasteiger partial charge in [0.25, 0.3) is 0 Å². The molecule has 0 radical (unpaired) electrons. The fourth-order valence-electron chi connectivity index (χ4n) is 2.38. The zero-order chi connectivity index (χ0) is 16.0. The first-order valence-electron chi connectivity index (χ1n) is 7.64. The van der Waals surface area contributed by atoms with Crippen molar-refractivity contribution in [2.75, 3.05) is 0 Å². The van der Waals surface area contributed by atoms with E-state index in [9.17, 15) is 8.42 Å². The van der Waals surface area contributed by atoms with E-state index in [1.54, 1.807) is 6.07 Å². The Morgan fingerprint density at radius 2 is 1.90 bits per heavy atom. The van der Waals surface area contributed by atoms with Gasteiger partial charge in [-0.25, -0.2) is 13.1 Å². The molecule has 0 bridgehead atoms. The van der Waals surface area contributed by atoms with Crippen LogP contribution in [0.4, 0.5) is 0 Å². The molecule has 0 heterocycles. The number of rotatable bonds is 8. The summed E-state index contributed by atoms with van der Waals surface area (Å²) in [7, 11) is -3.49. The van der Waals surface area contributed by atoms with Gasteiger partial charge in [-0.3, -0.25) is 0 Å². The summed E-state index contributed by atoms with van der Waals surface area (Å²) < 4.78 is 27.9. The molecule has 0 amide bonds. The first kappa shape index (κ1) is 18.1. The molecule has 5 heteroatoms. The Balaban J connectivity index is 2.95. The van der Waals surface area contributed by atoms with E-state index in [2.05, 4.69) is 11.6 Å². The summed E-state index contributed by atoms with van der Waals surface area (Å²) in [6, 6.07) is 3.57. The lowest BCUT2D eigenvalue weighted by atomic mass is 10.1. The highest BCUT2D eigenvalue weighted by Gasteiger charge is 2.20. The molecule has 0 fully saturated rings.